The van der Waals surface area contributed by atoms with Crippen molar-refractivity contribution in [1.29, 1.82) is 0 Å². The van der Waals surface area contributed by atoms with Gasteiger partial charge in [0.15, 0.2) is 5.69 Å². The summed E-state index contributed by atoms with van der Waals surface area (Å²) in [5.41, 5.74) is 5.15. The molecule has 0 unspecified atom stereocenters. The highest BCUT2D eigenvalue weighted by Gasteiger charge is 2.26. The van der Waals surface area contributed by atoms with Gasteiger partial charge in [-0.05, 0) is 47.1 Å². The second-order valence-corrected chi connectivity index (χ2v) is 9.76. The maximum Gasteiger partial charge on any atom is 0.358 e. The Morgan fingerprint density at radius 2 is 1.78 bits per heavy atom. The van der Waals surface area contributed by atoms with Crippen molar-refractivity contribution >= 4 is 17.5 Å². The van der Waals surface area contributed by atoms with Crippen LogP contribution in [0.15, 0.2) is 36.4 Å². The van der Waals surface area contributed by atoms with Gasteiger partial charge in [-0.25, -0.2) is 4.79 Å². The lowest BCUT2D eigenvalue weighted by molar-refractivity contribution is 0.0342. The molecule has 1 fully saturated rings. The summed E-state index contributed by atoms with van der Waals surface area (Å²) in [5.74, 6) is 1.25. The Hall–Kier alpha value is -2.94. The van der Waals surface area contributed by atoms with E-state index >= 15 is 0 Å². The number of carbonyl (C=O) groups excluding carboxylic acids is 1. The summed E-state index contributed by atoms with van der Waals surface area (Å²) in [6, 6.07) is 12.3. The van der Waals surface area contributed by atoms with Crippen LogP contribution in [0.25, 0.3) is 21.6 Å². The first kappa shape index (κ1) is 26.1. The highest BCUT2D eigenvalue weighted by Crippen LogP contribution is 2.45. The lowest BCUT2D eigenvalue weighted by Gasteiger charge is -2.26. The number of morpholine rings is 1. The van der Waals surface area contributed by atoms with Crippen molar-refractivity contribution in [2.75, 3.05) is 47.1 Å². The van der Waals surface area contributed by atoms with E-state index in [0.29, 0.717) is 11.4 Å². The van der Waals surface area contributed by atoms with Crippen LogP contribution in [-0.4, -0.2) is 62.4 Å². The summed E-state index contributed by atoms with van der Waals surface area (Å²) >= 11 is 1.28. The fourth-order valence-electron chi connectivity index (χ4n) is 4.43. The van der Waals surface area contributed by atoms with Gasteiger partial charge in [0.05, 0.1) is 38.9 Å². The number of esters is 1. The summed E-state index contributed by atoms with van der Waals surface area (Å²) in [7, 11) is 3.30. The molecule has 0 atom stereocenters. The van der Waals surface area contributed by atoms with Gasteiger partial charge in [-0.3, -0.25) is 4.90 Å². The minimum atomic E-state index is -0.427. The quantitative estimate of drug-likeness (QED) is 0.346. The summed E-state index contributed by atoms with van der Waals surface area (Å²) in [5, 5.41) is 0. The smallest absolute Gasteiger partial charge is 0.358 e. The number of aromatic nitrogens is 1. The SMILES string of the molecule is CCOC(=O)c1nsc(-c2cc(C(C)C)c(OC)cc2OC)c1-c1ccc(CN2CCOCC2)cc1. The van der Waals surface area contributed by atoms with Crippen LogP contribution in [0.4, 0.5) is 0 Å². The molecule has 0 N–H and O–H groups in total. The van der Waals surface area contributed by atoms with Gasteiger partial charge < -0.3 is 18.9 Å². The second-order valence-electron chi connectivity index (χ2n) is 8.99. The van der Waals surface area contributed by atoms with Crippen LogP contribution in [0.1, 0.15) is 48.3 Å². The monoisotopic (exact) mass is 510 g/mol. The summed E-state index contributed by atoms with van der Waals surface area (Å²) in [4.78, 5) is 16.1. The largest absolute Gasteiger partial charge is 0.496 e. The molecule has 7 nitrogen and oxygen atoms in total. The van der Waals surface area contributed by atoms with Crippen molar-refractivity contribution < 1.29 is 23.7 Å². The number of hydrogen-bond acceptors (Lipinski definition) is 8. The lowest BCUT2D eigenvalue weighted by Crippen LogP contribution is -2.35. The molecule has 1 aliphatic rings. The molecule has 8 heteroatoms. The van der Waals surface area contributed by atoms with E-state index in [0.717, 1.165) is 65.7 Å². The average molecular weight is 511 g/mol. The van der Waals surface area contributed by atoms with Gasteiger partial charge >= 0.3 is 5.97 Å². The molecule has 192 valence electrons. The van der Waals surface area contributed by atoms with Gasteiger partial charge in [-0.1, -0.05) is 38.1 Å². The van der Waals surface area contributed by atoms with Gasteiger partial charge in [0.25, 0.3) is 0 Å². The molecule has 0 radical (unpaired) electrons. The van der Waals surface area contributed by atoms with Crippen molar-refractivity contribution in [1.82, 2.24) is 9.27 Å². The third-order valence-electron chi connectivity index (χ3n) is 6.33. The van der Waals surface area contributed by atoms with E-state index in [4.69, 9.17) is 18.9 Å². The topological polar surface area (TPSA) is 70.1 Å². The fraction of sp³-hybridized carbons (Fsp3) is 0.429. The van der Waals surface area contributed by atoms with Gasteiger partial charge in [0.2, 0.25) is 0 Å². The van der Waals surface area contributed by atoms with E-state index in [-0.39, 0.29) is 12.5 Å². The van der Waals surface area contributed by atoms with Crippen LogP contribution >= 0.6 is 11.5 Å². The van der Waals surface area contributed by atoms with Crippen LogP contribution in [0, 0.1) is 0 Å². The first-order valence-corrected chi connectivity index (χ1v) is 13.1. The fourth-order valence-corrected chi connectivity index (χ4v) is 5.34. The Bertz CT molecular complexity index is 1180. The third-order valence-corrected chi connectivity index (χ3v) is 7.21. The van der Waals surface area contributed by atoms with Gasteiger partial charge in [0.1, 0.15) is 11.5 Å². The van der Waals surface area contributed by atoms with Gasteiger partial charge in [-0.15, -0.1) is 0 Å². The minimum Gasteiger partial charge on any atom is -0.496 e. The number of rotatable bonds is 9. The molecule has 1 aromatic heterocycles. The Balaban J connectivity index is 1.80. The molecule has 3 aromatic rings. The predicted octanol–water partition coefficient (Wildman–Crippen LogP) is 5.63. The molecule has 0 aliphatic carbocycles. The zero-order valence-corrected chi connectivity index (χ0v) is 22.4. The highest BCUT2D eigenvalue weighted by molar-refractivity contribution is 7.10. The molecular formula is C28H34N2O5S. The summed E-state index contributed by atoms with van der Waals surface area (Å²) in [6.07, 6.45) is 0. The third kappa shape index (κ3) is 5.56. The van der Waals surface area contributed by atoms with Gasteiger partial charge in [-0.2, -0.15) is 4.37 Å². The van der Waals surface area contributed by atoms with Crippen molar-refractivity contribution in [3.8, 4) is 33.1 Å². The van der Waals surface area contributed by atoms with Crippen molar-refractivity contribution in [3.05, 3.63) is 53.2 Å². The normalized spacial score (nSPS) is 14.2. The number of ether oxygens (including phenoxy) is 4. The van der Waals surface area contributed by atoms with Gasteiger partial charge in [0, 0.05) is 36.8 Å². The molecule has 4 rings (SSSR count). The minimum absolute atomic E-state index is 0.241. The van der Waals surface area contributed by atoms with Crippen LogP contribution in [-0.2, 0) is 16.0 Å². The Morgan fingerprint density at radius 3 is 2.39 bits per heavy atom. The standard InChI is InChI=1S/C28H34N2O5S/c1-6-35-28(31)26-25(20-9-7-19(8-10-20)17-30-11-13-34-14-12-30)27(36-29-26)22-15-21(18(2)3)23(32-4)16-24(22)33-5/h7-10,15-16,18H,6,11-14,17H2,1-5H3. The first-order chi connectivity index (χ1) is 17.5. The van der Waals surface area contributed by atoms with Crippen molar-refractivity contribution in [3.63, 3.8) is 0 Å². The molecule has 2 heterocycles. The second kappa shape index (κ2) is 11.9. The van der Waals surface area contributed by atoms with E-state index in [2.05, 4.69) is 53.5 Å². The summed E-state index contributed by atoms with van der Waals surface area (Å²) in [6.45, 7) is 10.6. The van der Waals surface area contributed by atoms with Crippen molar-refractivity contribution in [2.24, 2.45) is 0 Å². The Labute approximate surface area is 217 Å². The zero-order chi connectivity index (χ0) is 25.7. The molecule has 36 heavy (non-hydrogen) atoms. The van der Waals surface area contributed by atoms with Crippen LogP contribution in [0.2, 0.25) is 0 Å². The maximum atomic E-state index is 12.9. The predicted molar refractivity (Wildman–Crippen MR) is 142 cm³/mol. The zero-order valence-electron chi connectivity index (χ0n) is 21.6. The van der Waals surface area contributed by atoms with Crippen LogP contribution in [0.3, 0.4) is 0 Å². The highest BCUT2D eigenvalue weighted by atomic mass is 32.1. The first-order valence-electron chi connectivity index (χ1n) is 12.3. The van der Waals surface area contributed by atoms with Crippen LogP contribution < -0.4 is 9.47 Å². The molecule has 0 bridgehead atoms. The molecule has 2 aromatic carbocycles. The molecule has 0 saturated carbocycles. The van der Waals surface area contributed by atoms with E-state index in [1.807, 2.05) is 6.07 Å². The molecule has 0 amide bonds. The Morgan fingerprint density at radius 1 is 1.08 bits per heavy atom. The number of methoxy groups -OCH3 is 2. The molecular weight excluding hydrogens is 476 g/mol. The number of hydrogen-bond donors (Lipinski definition) is 0. The summed E-state index contributed by atoms with van der Waals surface area (Å²) < 4.78 is 26.8. The number of carbonyl (C=O) groups is 1. The Kier molecular flexibility index (Phi) is 8.61. The van der Waals surface area contributed by atoms with Crippen LogP contribution in [0.5, 0.6) is 11.5 Å². The van der Waals surface area contributed by atoms with E-state index < -0.39 is 5.97 Å². The number of benzene rings is 2. The lowest BCUT2D eigenvalue weighted by atomic mass is 9.94. The molecule has 0 spiro atoms. The average Bonchev–Trinajstić information content (AvgIpc) is 3.34. The van der Waals surface area contributed by atoms with E-state index in [9.17, 15) is 4.79 Å². The van der Waals surface area contributed by atoms with Crippen molar-refractivity contribution in [2.45, 2.75) is 33.2 Å². The van der Waals surface area contributed by atoms with E-state index in [1.54, 1.807) is 21.1 Å². The maximum absolute atomic E-state index is 12.9. The van der Waals surface area contributed by atoms with E-state index in [1.165, 1.54) is 17.1 Å². The number of nitrogens with zero attached hydrogens (tertiary/aromatic N) is 2. The molecule has 1 aliphatic heterocycles. The molecule has 1 saturated heterocycles.